The van der Waals surface area contributed by atoms with Gasteiger partial charge in [-0.05, 0) is 24.6 Å². The van der Waals surface area contributed by atoms with Crippen molar-refractivity contribution in [3.8, 4) is 5.88 Å². The van der Waals surface area contributed by atoms with Crippen LogP contribution < -0.4 is 10.1 Å². The van der Waals surface area contributed by atoms with E-state index in [2.05, 4.69) is 26.2 Å². The lowest BCUT2D eigenvalue weighted by atomic mass is 10.2. The fourth-order valence-electron chi connectivity index (χ4n) is 1.76. The molecule has 0 bridgehead atoms. The van der Waals surface area contributed by atoms with Gasteiger partial charge in [0.2, 0.25) is 5.88 Å². The molecule has 1 aromatic carbocycles. The van der Waals surface area contributed by atoms with Gasteiger partial charge in [-0.15, -0.1) is 0 Å². The van der Waals surface area contributed by atoms with Crippen LogP contribution in [0.3, 0.4) is 0 Å². The predicted octanol–water partition coefficient (Wildman–Crippen LogP) is 3.76. The van der Waals surface area contributed by atoms with Crippen molar-refractivity contribution < 1.29 is 9.66 Å². The van der Waals surface area contributed by atoms with Gasteiger partial charge in [0.25, 0.3) is 5.69 Å². The number of aromatic nitrogens is 1. The maximum Gasteiger partial charge on any atom is 0.270 e. The highest BCUT2D eigenvalue weighted by molar-refractivity contribution is 9.10. The minimum Gasteiger partial charge on any atom is -0.478 e. The van der Waals surface area contributed by atoms with Crippen LogP contribution in [0, 0.1) is 10.1 Å². The van der Waals surface area contributed by atoms with E-state index in [0.717, 1.165) is 11.3 Å². The molecule has 0 fully saturated rings. The number of pyridine rings is 1. The summed E-state index contributed by atoms with van der Waals surface area (Å²) in [6.07, 6.45) is 1.66. The first-order valence-electron chi connectivity index (χ1n) is 6.35. The second kappa shape index (κ2) is 7.03. The molecule has 0 unspecified atom stereocenters. The average Bonchev–Trinajstić information content (AvgIpc) is 2.46. The van der Waals surface area contributed by atoms with Crippen molar-refractivity contribution in [1.82, 2.24) is 4.98 Å². The molecule has 0 saturated heterocycles. The minimum atomic E-state index is -0.410. The van der Waals surface area contributed by atoms with E-state index < -0.39 is 4.92 Å². The third-order valence-electron chi connectivity index (χ3n) is 2.68. The Balaban J connectivity index is 2.04. The molecule has 0 aliphatic carbocycles. The Kier molecular flexibility index (Phi) is 5.10. The molecule has 0 saturated carbocycles. The monoisotopic (exact) mass is 351 g/mol. The first-order valence-corrected chi connectivity index (χ1v) is 7.14. The predicted molar refractivity (Wildman–Crippen MR) is 83.5 cm³/mol. The van der Waals surface area contributed by atoms with E-state index in [9.17, 15) is 10.1 Å². The number of hydrogen-bond acceptors (Lipinski definition) is 5. The summed E-state index contributed by atoms with van der Waals surface area (Å²) in [7, 11) is 0. The Hall–Kier alpha value is -2.15. The summed E-state index contributed by atoms with van der Waals surface area (Å²) in [5.41, 5.74) is 1.69. The summed E-state index contributed by atoms with van der Waals surface area (Å²) in [6, 6.07) is 8.48. The lowest BCUT2D eigenvalue weighted by molar-refractivity contribution is -0.385. The molecule has 0 amide bonds. The summed E-state index contributed by atoms with van der Waals surface area (Å²) in [5.74, 6) is 0.571. The van der Waals surface area contributed by atoms with Gasteiger partial charge in [0.05, 0.1) is 23.4 Å². The Morgan fingerprint density at radius 3 is 2.81 bits per heavy atom. The number of ether oxygens (including phenoxy) is 1. The van der Waals surface area contributed by atoms with E-state index in [1.807, 2.05) is 19.1 Å². The minimum absolute atomic E-state index is 0.0611. The van der Waals surface area contributed by atoms with Crippen molar-refractivity contribution in [3.63, 3.8) is 0 Å². The molecule has 6 nitrogen and oxygen atoms in total. The van der Waals surface area contributed by atoms with Gasteiger partial charge in [0.15, 0.2) is 0 Å². The quantitative estimate of drug-likeness (QED) is 0.633. The van der Waals surface area contributed by atoms with Crippen molar-refractivity contribution in [1.29, 1.82) is 0 Å². The molecular weight excluding hydrogens is 338 g/mol. The summed E-state index contributed by atoms with van der Waals surface area (Å²) in [6.45, 7) is 2.94. The Labute approximate surface area is 130 Å². The molecule has 1 aromatic heterocycles. The van der Waals surface area contributed by atoms with Crippen LogP contribution in [0.15, 0.2) is 41.0 Å². The normalized spacial score (nSPS) is 10.2. The number of halogens is 1. The first-order chi connectivity index (χ1) is 10.1. The van der Waals surface area contributed by atoms with Gasteiger partial charge in [-0.2, -0.15) is 0 Å². The molecular formula is C14H14BrN3O3. The van der Waals surface area contributed by atoms with Gasteiger partial charge in [0, 0.05) is 29.2 Å². The largest absolute Gasteiger partial charge is 0.478 e. The lowest BCUT2D eigenvalue weighted by Crippen LogP contribution is -2.01. The molecule has 21 heavy (non-hydrogen) atoms. The molecule has 1 N–H and O–H groups in total. The zero-order valence-electron chi connectivity index (χ0n) is 11.4. The maximum absolute atomic E-state index is 10.8. The van der Waals surface area contributed by atoms with Crippen LogP contribution in [0.4, 0.5) is 11.4 Å². The average molecular weight is 352 g/mol. The zero-order valence-corrected chi connectivity index (χ0v) is 13.0. The van der Waals surface area contributed by atoms with Crippen molar-refractivity contribution >= 4 is 27.3 Å². The van der Waals surface area contributed by atoms with Gasteiger partial charge < -0.3 is 10.1 Å². The number of nitro groups is 1. The number of nitrogens with one attached hydrogen (secondary N) is 1. The number of nitro benzene ring substituents is 1. The molecule has 0 aliphatic heterocycles. The topological polar surface area (TPSA) is 77.3 Å². The fraction of sp³-hybridized carbons (Fsp3) is 0.214. The molecule has 0 atom stereocenters. The number of hydrogen-bond donors (Lipinski definition) is 1. The summed E-state index contributed by atoms with van der Waals surface area (Å²) in [4.78, 5) is 14.6. The zero-order chi connectivity index (χ0) is 15.2. The van der Waals surface area contributed by atoms with Crippen molar-refractivity contribution in [2.45, 2.75) is 13.5 Å². The Bertz CT molecular complexity index is 632. The van der Waals surface area contributed by atoms with Crippen LogP contribution in [0.1, 0.15) is 12.5 Å². The third kappa shape index (κ3) is 4.42. The molecule has 1 heterocycles. The van der Waals surface area contributed by atoms with E-state index in [1.54, 1.807) is 18.3 Å². The van der Waals surface area contributed by atoms with Crippen molar-refractivity contribution in [2.24, 2.45) is 0 Å². The van der Waals surface area contributed by atoms with E-state index >= 15 is 0 Å². The fourth-order valence-corrected chi connectivity index (χ4v) is 2.29. The van der Waals surface area contributed by atoms with Crippen LogP contribution in [-0.2, 0) is 6.54 Å². The highest BCUT2D eigenvalue weighted by Gasteiger charge is 2.08. The smallest absolute Gasteiger partial charge is 0.270 e. The van der Waals surface area contributed by atoms with Gasteiger partial charge in [0.1, 0.15) is 0 Å². The second-order valence-corrected chi connectivity index (χ2v) is 5.16. The van der Waals surface area contributed by atoms with Crippen molar-refractivity contribution in [3.05, 3.63) is 56.7 Å². The van der Waals surface area contributed by atoms with Crippen molar-refractivity contribution in [2.75, 3.05) is 11.9 Å². The number of nitrogens with zero attached hydrogens (tertiary/aromatic N) is 2. The van der Waals surface area contributed by atoms with Crippen LogP contribution in [-0.4, -0.2) is 16.5 Å². The maximum atomic E-state index is 10.8. The summed E-state index contributed by atoms with van der Waals surface area (Å²) in [5, 5.41) is 14.0. The lowest BCUT2D eigenvalue weighted by Gasteiger charge is -2.08. The molecule has 0 spiro atoms. The van der Waals surface area contributed by atoms with E-state index in [1.165, 1.54) is 6.07 Å². The van der Waals surface area contributed by atoms with E-state index in [-0.39, 0.29) is 5.69 Å². The highest BCUT2D eigenvalue weighted by atomic mass is 79.9. The second-order valence-electron chi connectivity index (χ2n) is 4.25. The summed E-state index contributed by atoms with van der Waals surface area (Å²) < 4.78 is 5.94. The van der Waals surface area contributed by atoms with E-state index in [4.69, 9.17) is 4.74 Å². The number of benzene rings is 1. The number of non-ortho nitro benzene ring substituents is 1. The molecule has 2 aromatic rings. The molecule has 0 radical (unpaired) electrons. The third-order valence-corrected chi connectivity index (χ3v) is 3.14. The van der Waals surface area contributed by atoms with Crippen LogP contribution >= 0.6 is 15.9 Å². The van der Waals surface area contributed by atoms with Gasteiger partial charge >= 0.3 is 0 Å². The van der Waals surface area contributed by atoms with Crippen LogP contribution in [0.2, 0.25) is 0 Å². The SMILES string of the molecule is CCOc1ccc(NCc2cc(Br)cc([N+](=O)[O-])c2)cn1. The molecule has 110 valence electrons. The summed E-state index contributed by atoms with van der Waals surface area (Å²) >= 11 is 3.27. The first kappa shape index (κ1) is 15.2. The van der Waals surface area contributed by atoms with E-state index in [0.29, 0.717) is 23.5 Å². The van der Waals surface area contributed by atoms with Gasteiger partial charge in [-0.3, -0.25) is 10.1 Å². The molecule has 0 aliphatic rings. The van der Waals surface area contributed by atoms with Gasteiger partial charge in [-0.1, -0.05) is 15.9 Å². The standard InChI is InChI=1S/C14H14BrN3O3/c1-2-21-14-4-3-12(9-17-14)16-8-10-5-11(15)7-13(6-10)18(19)20/h3-7,9,16H,2,8H2,1H3. The van der Waals surface area contributed by atoms with Crippen LogP contribution in [0.25, 0.3) is 0 Å². The van der Waals surface area contributed by atoms with Gasteiger partial charge in [-0.25, -0.2) is 4.98 Å². The van der Waals surface area contributed by atoms with Crippen LogP contribution in [0.5, 0.6) is 5.88 Å². The Morgan fingerprint density at radius 2 is 2.19 bits per heavy atom. The number of rotatable bonds is 6. The Morgan fingerprint density at radius 1 is 1.38 bits per heavy atom. The number of anilines is 1. The highest BCUT2D eigenvalue weighted by Crippen LogP contribution is 2.22. The molecule has 2 rings (SSSR count). The molecule has 7 heteroatoms.